The Morgan fingerprint density at radius 1 is 1.50 bits per heavy atom. The Hall–Kier alpha value is -1.92. The van der Waals surface area contributed by atoms with Gasteiger partial charge in [-0.3, -0.25) is 4.79 Å². The van der Waals surface area contributed by atoms with Gasteiger partial charge in [0.1, 0.15) is 0 Å². The van der Waals surface area contributed by atoms with Gasteiger partial charge in [-0.25, -0.2) is 9.48 Å². The third-order valence-corrected chi connectivity index (χ3v) is 2.90. The first-order valence-electron chi connectivity index (χ1n) is 5.90. The molecule has 1 aliphatic rings. The maximum absolute atomic E-state index is 11.7. The lowest BCUT2D eigenvalue weighted by Gasteiger charge is -2.39. The quantitative estimate of drug-likeness (QED) is 0.838. The van der Waals surface area contributed by atoms with Gasteiger partial charge in [-0.1, -0.05) is 19.1 Å². The molecule has 98 valence electrons. The van der Waals surface area contributed by atoms with E-state index >= 15 is 0 Å². The Bertz CT molecular complexity index is 463. The lowest BCUT2D eigenvalue weighted by Crippen LogP contribution is -2.51. The van der Waals surface area contributed by atoms with Crippen LogP contribution < -0.4 is 0 Å². The summed E-state index contributed by atoms with van der Waals surface area (Å²) >= 11 is 0. The number of carboxylic acids is 1. The summed E-state index contributed by atoms with van der Waals surface area (Å²) < 4.78 is 1.52. The maximum atomic E-state index is 11.7. The molecule has 18 heavy (non-hydrogen) atoms. The third kappa shape index (κ3) is 2.49. The highest BCUT2D eigenvalue weighted by Crippen LogP contribution is 2.22. The van der Waals surface area contributed by atoms with Crippen LogP contribution in [-0.4, -0.2) is 50.0 Å². The first kappa shape index (κ1) is 12.5. The van der Waals surface area contributed by atoms with Crippen molar-refractivity contribution >= 4 is 11.9 Å². The van der Waals surface area contributed by atoms with E-state index in [2.05, 4.69) is 10.3 Å². The zero-order valence-corrected chi connectivity index (χ0v) is 10.4. The largest absolute Gasteiger partial charge is 0.476 e. The minimum Gasteiger partial charge on any atom is -0.476 e. The van der Waals surface area contributed by atoms with Gasteiger partial charge in [0.2, 0.25) is 5.91 Å². The lowest BCUT2D eigenvalue weighted by atomic mass is 10.1. The molecule has 2 heterocycles. The smallest absolute Gasteiger partial charge is 0.358 e. The Morgan fingerprint density at radius 3 is 2.67 bits per heavy atom. The van der Waals surface area contributed by atoms with Gasteiger partial charge in [0, 0.05) is 19.5 Å². The van der Waals surface area contributed by atoms with Crippen LogP contribution in [0.2, 0.25) is 0 Å². The first-order valence-corrected chi connectivity index (χ1v) is 5.90. The van der Waals surface area contributed by atoms with E-state index < -0.39 is 5.97 Å². The zero-order chi connectivity index (χ0) is 13.3. The van der Waals surface area contributed by atoms with E-state index in [1.54, 1.807) is 4.90 Å². The van der Waals surface area contributed by atoms with Gasteiger partial charge >= 0.3 is 5.97 Å². The molecule has 0 bridgehead atoms. The van der Waals surface area contributed by atoms with Crippen molar-refractivity contribution < 1.29 is 14.7 Å². The molecule has 0 radical (unpaired) electrons. The van der Waals surface area contributed by atoms with Crippen molar-refractivity contribution in [1.29, 1.82) is 0 Å². The number of likely N-dealkylation sites (tertiary alicyclic amines) is 1. The Labute approximate surface area is 104 Å². The summed E-state index contributed by atoms with van der Waals surface area (Å²) in [5.74, 6) is -0.602. The third-order valence-electron chi connectivity index (χ3n) is 2.90. The average Bonchev–Trinajstić information content (AvgIpc) is 2.62. The average molecular weight is 252 g/mol. The molecule has 7 nitrogen and oxygen atoms in total. The van der Waals surface area contributed by atoms with Crippen molar-refractivity contribution in [3.63, 3.8) is 0 Å². The van der Waals surface area contributed by atoms with Gasteiger partial charge < -0.3 is 10.0 Å². The van der Waals surface area contributed by atoms with E-state index in [-0.39, 0.29) is 17.6 Å². The lowest BCUT2D eigenvalue weighted by molar-refractivity contribution is -0.138. The van der Waals surface area contributed by atoms with E-state index in [0.29, 0.717) is 25.4 Å². The van der Waals surface area contributed by atoms with Crippen LogP contribution in [0.25, 0.3) is 0 Å². The van der Waals surface area contributed by atoms with Crippen LogP contribution in [0.5, 0.6) is 0 Å². The predicted octanol–water partition coefficient (Wildman–Crippen LogP) is 0.406. The molecule has 1 amide bonds. The molecule has 0 aliphatic carbocycles. The number of rotatable bonds is 4. The van der Waals surface area contributed by atoms with Gasteiger partial charge in [-0.15, -0.1) is 5.10 Å². The Kier molecular flexibility index (Phi) is 3.31. The molecule has 1 aromatic rings. The number of carboxylic acid groups (broad SMARTS) is 1. The molecule has 1 fully saturated rings. The van der Waals surface area contributed by atoms with E-state index in [1.165, 1.54) is 10.9 Å². The fraction of sp³-hybridized carbons (Fsp3) is 0.636. The Balaban J connectivity index is 1.88. The molecule has 1 N–H and O–H groups in total. The summed E-state index contributed by atoms with van der Waals surface area (Å²) in [4.78, 5) is 24.1. The van der Waals surface area contributed by atoms with Crippen molar-refractivity contribution in [2.45, 2.75) is 26.3 Å². The molecule has 7 heteroatoms. The molecule has 0 spiro atoms. The number of hydrogen-bond acceptors (Lipinski definition) is 4. The molecule has 1 aliphatic heterocycles. The minimum absolute atomic E-state index is 0.0433. The molecule has 0 saturated carbocycles. The van der Waals surface area contributed by atoms with Gasteiger partial charge in [0.15, 0.2) is 5.69 Å². The number of aromatic nitrogens is 3. The zero-order valence-electron chi connectivity index (χ0n) is 10.4. The SMILES string of the molecule is CC(C)CC(=O)N1CC(n2cc(C(=O)O)nn2)C1. The van der Waals surface area contributed by atoms with E-state index in [9.17, 15) is 9.59 Å². The summed E-state index contributed by atoms with van der Waals surface area (Å²) in [6.07, 6.45) is 1.95. The monoisotopic (exact) mass is 252 g/mol. The van der Waals surface area contributed by atoms with E-state index in [4.69, 9.17) is 5.11 Å². The topological polar surface area (TPSA) is 88.3 Å². The van der Waals surface area contributed by atoms with Crippen molar-refractivity contribution in [3.05, 3.63) is 11.9 Å². The second-order valence-electron chi connectivity index (χ2n) is 4.94. The van der Waals surface area contributed by atoms with Crippen LogP contribution in [0.1, 0.15) is 36.8 Å². The van der Waals surface area contributed by atoms with Crippen molar-refractivity contribution in [2.24, 2.45) is 5.92 Å². The second-order valence-corrected chi connectivity index (χ2v) is 4.94. The molecule has 0 atom stereocenters. The fourth-order valence-electron chi connectivity index (χ4n) is 1.86. The molecule has 0 aromatic carbocycles. The molecular weight excluding hydrogens is 236 g/mol. The van der Waals surface area contributed by atoms with Crippen molar-refractivity contribution in [3.8, 4) is 0 Å². The highest BCUT2D eigenvalue weighted by molar-refractivity contribution is 5.84. The molecule has 1 saturated heterocycles. The van der Waals surface area contributed by atoms with Gasteiger partial charge in [0.25, 0.3) is 0 Å². The van der Waals surface area contributed by atoms with E-state index in [0.717, 1.165) is 0 Å². The standard InChI is InChI=1S/C11H16N4O3/c1-7(2)3-10(16)14-4-8(5-14)15-6-9(11(17)18)12-13-15/h6-8H,3-5H2,1-2H3,(H,17,18). The number of nitrogens with zero attached hydrogens (tertiary/aromatic N) is 4. The summed E-state index contributed by atoms with van der Waals surface area (Å²) in [6, 6.07) is 0.0433. The van der Waals surface area contributed by atoms with Crippen LogP contribution >= 0.6 is 0 Å². The number of carbonyl (C=O) groups is 2. The first-order chi connectivity index (χ1) is 8.47. The Morgan fingerprint density at radius 2 is 2.17 bits per heavy atom. The van der Waals surface area contributed by atoms with Gasteiger partial charge in [0.05, 0.1) is 12.2 Å². The highest BCUT2D eigenvalue weighted by atomic mass is 16.4. The normalized spacial score (nSPS) is 15.8. The van der Waals surface area contributed by atoms with Crippen LogP contribution in [0, 0.1) is 5.92 Å². The summed E-state index contributed by atoms with van der Waals surface area (Å²) in [5, 5.41) is 16.0. The maximum Gasteiger partial charge on any atom is 0.358 e. The van der Waals surface area contributed by atoms with Crippen LogP contribution in [0.3, 0.4) is 0 Å². The molecule has 0 unspecified atom stereocenters. The summed E-state index contributed by atoms with van der Waals surface area (Å²) in [6.45, 7) is 5.17. The summed E-state index contributed by atoms with van der Waals surface area (Å²) in [7, 11) is 0. The number of amides is 1. The van der Waals surface area contributed by atoms with Gasteiger partial charge in [-0.2, -0.15) is 0 Å². The minimum atomic E-state index is -1.09. The molecule has 2 rings (SSSR count). The molecular formula is C11H16N4O3. The van der Waals surface area contributed by atoms with Crippen molar-refractivity contribution in [1.82, 2.24) is 19.9 Å². The van der Waals surface area contributed by atoms with E-state index in [1.807, 2.05) is 13.8 Å². The van der Waals surface area contributed by atoms with Crippen LogP contribution in [0.4, 0.5) is 0 Å². The molecule has 1 aromatic heterocycles. The number of carbonyl (C=O) groups excluding carboxylic acids is 1. The van der Waals surface area contributed by atoms with Crippen LogP contribution in [0.15, 0.2) is 6.20 Å². The van der Waals surface area contributed by atoms with Crippen LogP contribution in [-0.2, 0) is 4.79 Å². The van der Waals surface area contributed by atoms with Gasteiger partial charge in [-0.05, 0) is 5.92 Å². The number of aromatic carboxylic acids is 1. The fourth-order valence-corrected chi connectivity index (χ4v) is 1.86. The highest BCUT2D eigenvalue weighted by Gasteiger charge is 2.33. The number of hydrogen-bond donors (Lipinski definition) is 1. The predicted molar refractivity (Wildman–Crippen MR) is 62.1 cm³/mol. The summed E-state index contributed by atoms with van der Waals surface area (Å²) in [5.41, 5.74) is -0.0676. The second kappa shape index (κ2) is 4.75. The van der Waals surface area contributed by atoms with Crippen molar-refractivity contribution in [2.75, 3.05) is 13.1 Å².